The molecule has 0 aliphatic carbocycles. The fraction of sp³-hybridized carbons (Fsp3) is 0.100. The lowest BCUT2D eigenvalue weighted by Crippen LogP contribution is -2.12. The van der Waals surface area contributed by atoms with E-state index < -0.39 is 0 Å². The smallest absolute Gasteiger partial charge is 0.115 e. The normalized spacial score (nSPS) is 11.9. The largest absolute Gasteiger partial charge is 0.386 e. The van der Waals surface area contributed by atoms with Gasteiger partial charge in [-0.3, -0.25) is 9.97 Å². The van der Waals surface area contributed by atoms with Crippen molar-refractivity contribution in [3.05, 3.63) is 30.6 Å². The van der Waals surface area contributed by atoms with Crippen LogP contribution < -0.4 is 5.73 Å². The van der Waals surface area contributed by atoms with E-state index in [-0.39, 0.29) is 5.88 Å². The SMILES string of the molecule is NC(CCl)=Nc1cccc2nccnc12. The van der Waals surface area contributed by atoms with Crippen molar-refractivity contribution in [2.75, 3.05) is 5.88 Å². The minimum Gasteiger partial charge on any atom is -0.386 e. The monoisotopic (exact) mass is 220 g/mol. The lowest BCUT2D eigenvalue weighted by molar-refractivity contribution is 1.28. The summed E-state index contributed by atoms with van der Waals surface area (Å²) in [6.45, 7) is 0. The standard InChI is InChI=1S/C10H9ClN4/c11-6-9(12)15-8-3-1-2-7-10(8)14-5-4-13-7/h1-5H,6H2,(H2,12,15). The minimum atomic E-state index is 0.205. The molecule has 15 heavy (non-hydrogen) atoms. The van der Waals surface area contributed by atoms with Crippen LogP contribution in [0.2, 0.25) is 0 Å². The average molecular weight is 221 g/mol. The third kappa shape index (κ3) is 2.05. The second-order valence-electron chi connectivity index (χ2n) is 2.94. The summed E-state index contributed by atoms with van der Waals surface area (Å²) in [6.07, 6.45) is 3.26. The average Bonchev–Trinajstić information content (AvgIpc) is 2.29. The maximum atomic E-state index is 5.57. The Hall–Kier alpha value is -1.68. The molecule has 2 aromatic rings. The first-order valence-corrected chi connectivity index (χ1v) is 4.93. The minimum absolute atomic E-state index is 0.205. The highest BCUT2D eigenvalue weighted by Crippen LogP contribution is 2.21. The molecule has 0 radical (unpaired) electrons. The Bertz CT molecular complexity index is 504. The summed E-state index contributed by atoms with van der Waals surface area (Å²) >= 11 is 5.56. The molecule has 1 heterocycles. The van der Waals surface area contributed by atoms with Crippen LogP contribution in [-0.2, 0) is 0 Å². The zero-order valence-corrected chi connectivity index (χ0v) is 8.65. The maximum absolute atomic E-state index is 5.57. The lowest BCUT2D eigenvalue weighted by Gasteiger charge is -2.00. The molecule has 0 aliphatic rings. The highest BCUT2D eigenvalue weighted by atomic mass is 35.5. The Labute approximate surface area is 91.8 Å². The zero-order chi connectivity index (χ0) is 10.7. The van der Waals surface area contributed by atoms with E-state index in [1.54, 1.807) is 12.4 Å². The van der Waals surface area contributed by atoms with Gasteiger partial charge in [-0.05, 0) is 12.1 Å². The molecule has 0 amide bonds. The number of nitrogens with zero attached hydrogens (tertiary/aromatic N) is 3. The van der Waals surface area contributed by atoms with Gasteiger partial charge in [0.15, 0.2) is 0 Å². The van der Waals surface area contributed by atoms with Gasteiger partial charge in [-0.25, -0.2) is 4.99 Å². The van der Waals surface area contributed by atoms with Crippen LogP contribution in [0.4, 0.5) is 5.69 Å². The summed E-state index contributed by atoms with van der Waals surface area (Å²) in [5.74, 6) is 0.575. The van der Waals surface area contributed by atoms with Crippen LogP contribution in [0.3, 0.4) is 0 Å². The highest BCUT2D eigenvalue weighted by molar-refractivity contribution is 6.28. The maximum Gasteiger partial charge on any atom is 0.115 e. The molecule has 2 rings (SSSR count). The fourth-order valence-corrected chi connectivity index (χ4v) is 1.31. The predicted octanol–water partition coefficient (Wildman–Crippen LogP) is 1.86. The van der Waals surface area contributed by atoms with Gasteiger partial charge in [-0.15, -0.1) is 11.6 Å². The van der Waals surface area contributed by atoms with Crippen LogP contribution in [0.1, 0.15) is 0 Å². The van der Waals surface area contributed by atoms with E-state index in [2.05, 4.69) is 15.0 Å². The van der Waals surface area contributed by atoms with Crippen LogP contribution in [0.25, 0.3) is 11.0 Å². The van der Waals surface area contributed by atoms with E-state index in [1.165, 1.54) is 0 Å². The first kappa shape index (κ1) is 9.86. The molecule has 5 heteroatoms. The molecular weight excluding hydrogens is 212 g/mol. The molecule has 1 aromatic carbocycles. The van der Waals surface area contributed by atoms with Crippen LogP contribution in [0, 0.1) is 0 Å². The molecule has 2 N–H and O–H groups in total. The number of hydrogen-bond donors (Lipinski definition) is 1. The highest BCUT2D eigenvalue weighted by Gasteiger charge is 2.01. The van der Waals surface area contributed by atoms with Crippen molar-refractivity contribution in [3.8, 4) is 0 Å². The molecule has 76 valence electrons. The van der Waals surface area contributed by atoms with Gasteiger partial charge in [0.1, 0.15) is 11.4 Å². The second kappa shape index (κ2) is 4.23. The van der Waals surface area contributed by atoms with Crippen molar-refractivity contribution in [2.24, 2.45) is 10.7 Å². The first-order chi connectivity index (χ1) is 7.31. The summed E-state index contributed by atoms with van der Waals surface area (Å²) in [5.41, 5.74) is 7.78. The second-order valence-corrected chi connectivity index (χ2v) is 3.21. The summed E-state index contributed by atoms with van der Waals surface area (Å²) in [7, 11) is 0. The molecule has 0 atom stereocenters. The number of para-hydroxylation sites is 1. The van der Waals surface area contributed by atoms with E-state index in [4.69, 9.17) is 17.3 Å². The number of nitrogens with two attached hydrogens (primary N) is 1. The fourth-order valence-electron chi connectivity index (χ4n) is 1.25. The summed E-state index contributed by atoms with van der Waals surface area (Å²) in [5, 5.41) is 0. The predicted molar refractivity (Wildman–Crippen MR) is 61.5 cm³/mol. The van der Waals surface area contributed by atoms with Crippen molar-refractivity contribution >= 4 is 34.2 Å². The molecule has 0 unspecified atom stereocenters. The number of halogens is 1. The van der Waals surface area contributed by atoms with Crippen LogP contribution >= 0.6 is 11.6 Å². The summed E-state index contributed by atoms with van der Waals surface area (Å²) in [6, 6.07) is 5.56. The number of aliphatic imine (C=N–C) groups is 1. The number of amidine groups is 1. The van der Waals surface area contributed by atoms with Crippen molar-refractivity contribution in [1.82, 2.24) is 9.97 Å². The Kier molecular flexibility index (Phi) is 2.78. The Morgan fingerprint density at radius 3 is 2.93 bits per heavy atom. The molecule has 0 spiro atoms. The molecule has 0 fully saturated rings. The topological polar surface area (TPSA) is 64.2 Å². The van der Waals surface area contributed by atoms with Crippen LogP contribution in [0.5, 0.6) is 0 Å². The molecule has 0 saturated carbocycles. The molecule has 4 nitrogen and oxygen atoms in total. The van der Waals surface area contributed by atoms with E-state index in [0.717, 1.165) is 11.0 Å². The van der Waals surface area contributed by atoms with E-state index in [1.807, 2.05) is 18.2 Å². The van der Waals surface area contributed by atoms with Crippen molar-refractivity contribution in [1.29, 1.82) is 0 Å². The van der Waals surface area contributed by atoms with Gasteiger partial charge in [-0.1, -0.05) is 6.07 Å². The molecule has 0 bridgehead atoms. The van der Waals surface area contributed by atoms with Crippen LogP contribution in [-0.4, -0.2) is 21.7 Å². The Morgan fingerprint density at radius 1 is 1.33 bits per heavy atom. The number of benzene rings is 1. The van der Waals surface area contributed by atoms with Crippen molar-refractivity contribution < 1.29 is 0 Å². The van der Waals surface area contributed by atoms with Gasteiger partial charge in [0.2, 0.25) is 0 Å². The van der Waals surface area contributed by atoms with E-state index in [0.29, 0.717) is 11.5 Å². The third-order valence-electron chi connectivity index (χ3n) is 1.88. The van der Waals surface area contributed by atoms with Crippen molar-refractivity contribution in [2.45, 2.75) is 0 Å². The van der Waals surface area contributed by atoms with Gasteiger partial charge in [0.05, 0.1) is 17.1 Å². The number of fused-ring (bicyclic) bond motifs is 1. The van der Waals surface area contributed by atoms with Crippen LogP contribution in [0.15, 0.2) is 35.6 Å². The van der Waals surface area contributed by atoms with Gasteiger partial charge in [0, 0.05) is 12.4 Å². The van der Waals surface area contributed by atoms with Gasteiger partial charge in [0.25, 0.3) is 0 Å². The summed E-state index contributed by atoms with van der Waals surface area (Å²) in [4.78, 5) is 12.5. The molecule has 0 saturated heterocycles. The quantitative estimate of drug-likeness (QED) is 0.477. The number of alkyl halides is 1. The molecule has 1 aromatic heterocycles. The Morgan fingerprint density at radius 2 is 2.13 bits per heavy atom. The lowest BCUT2D eigenvalue weighted by atomic mass is 10.2. The zero-order valence-electron chi connectivity index (χ0n) is 7.89. The number of aromatic nitrogens is 2. The number of hydrogen-bond acceptors (Lipinski definition) is 3. The molecule has 0 aliphatic heterocycles. The van der Waals surface area contributed by atoms with Gasteiger partial charge >= 0.3 is 0 Å². The Balaban J connectivity index is 2.61. The third-order valence-corrected chi connectivity index (χ3v) is 2.15. The van der Waals surface area contributed by atoms with Crippen molar-refractivity contribution in [3.63, 3.8) is 0 Å². The van der Waals surface area contributed by atoms with E-state index in [9.17, 15) is 0 Å². The number of rotatable bonds is 2. The van der Waals surface area contributed by atoms with E-state index >= 15 is 0 Å². The van der Waals surface area contributed by atoms with Gasteiger partial charge < -0.3 is 5.73 Å². The van der Waals surface area contributed by atoms with Gasteiger partial charge in [-0.2, -0.15) is 0 Å². The first-order valence-electron chi connectivity index (χ1n) is 4.40. The summed E-state index contributed by atoms with van der Waals surface area (Å²) < 4.78 is 0. The molecular formula is C10H9ClN4.